The van der Waals surface area contributed by atoms with Crippen molar-refractivity contribution in [3.63, 3.8) is 0 Å². The van der Waals surface area contributed by atoms with Gasteiger partial charge in [-0.3, -0.25) is 0 Å². The van der Waals surface area contributed by atoms with Gasteiger partial charge in [0, 0.05) is 18.0 Å². The quantitative estimate of drug-likeness (QED) is 0.618. The number of nitrogens with two attached hydrogens (primary N) is 1. The third-order valence-corrected chi connectivity index (χ3v) is 6.23. The SMILES string of the molecule is [B]C1(N)CCCCCC2C(CC(CC(C)C)C(=S)N2C(C)C)C1. The van der Waals surface area contributed by atoms with Crippen molar-refractivity contribution >= 4 is 25.1 Å². The Hall–Kier alpha value is -0.0851. The number of hydrogen-bond donors (Lipinski definition) is 1. The maximum Gasteiger partial charge on any atom is 0.0950 e. The average molecular weight is 334 g/mol. The second kappa shape index (κ2) is 7.86. The molecule has 0 spiro atoms. The van der Waals surface area contributed by atoms with E-state index in [-0.39, 0.29) is 0 Å². The fraction of sp³-hybridized carbons (Fsp3) is 0.947. The van der Waals surface area contributed by atoms with Crippen molar-refractivity contribution in [3.8, 4) is 0 Å². The molecule has 0 bridgehead atoms. The number of nitrogens with zero attached hydrogens (tertiary/aromatic N) is 1. The van der Waals surface area contributed by atoms with Gasteiger partial charge >= 0.3 is 0 Å². The van der Waals surface area contributed by atoms with Gasteiger partial charge in [-0.15, -0.1) is 0 Å². The molecule has 0 aromatic carbocycles. The molecule has 2 radical (unpaired) electrons. The number of fused-ring (bicyclic) bond motifs is 1. The Kier molecular flexibility index (Phi) is 6.58. The molecule has 2 aliphatic rings. The second-order valence-corrected chi connectivity index (χ2v) is 9.18. The molecular formula is C19H35BN2S. The zero-order chi connectivity index (χ0) is 17.2. The minimum Gasteiger partial charge on any atom is -0.360 e. The van der Waals surface area contributed by atoms with E-state index in [2.05, 4.69) is 32.6 Å². The van der Waals surface area contributed by atoms with Crippen LogP contribution in [0.3, 0.4) is 0 Å². The van der Waals surface area contributed by atoms with Crippen molar-refractivity contribution in [2.75, 3.05) is 0 Å². The number of piperidine rings is 1. The van der Waals surface area contributed by atoms with Crippen LogP contribution in [-0.2, 0) is 0 Å². The third-order valence-electron chi connectivity index (χ3n) is 5.69. The molecule has 2 nitrogen and oxygen atoms in total. The molecule has 0 aromatic rings. The number of rotatable bonds is 3. The van der Waals surface area contributed by atoms with E-state index in [1.54, 1.807) is 0 Å². The molecule has 1 saturated heterocycles. The summed E-state index contributed by atoms with van der Waals surface area (Å²) in [6.07, 6.45) is 9.19. The van der Waals surface area contributed by atoms with E-state index in [9.17, 15) is 0 Å². The molecular weight excluding hydrogens is 299 g/mol. The standard InChI is InChI=1S/C19H35BN2S/c1-13(2)10-15-11-16-12-19(20,21)9-7-5-6-8-17(16)22(14(3)4)18(15)23/h13-17H,5-12,21H2,1-4H3. The van der Waals surface area contributed by atoms with Crippen LogP contribution in [0.5, 0.6) is 0 Å². The van der Waals surface area contributed by atoms with Crippen molar-refractivity contribution in [3.05, 3.63) is 0 Å². The first-order valence-corrected chi connectivity index (χ1v) is 10.0. The van der Waals surface area contributed by atoms with Gasteiger partial charge in [0.1, 0.15) is 0 Å². The summed E-state index contributed by atoms with van der Waals surface area (Å²) >= 11 is 5.94. The van der Waals surface area contributed by atoms with Gasteiger partial charge in [0.25, 0.3) is 0 Å². The monoisotopic (exact) mass is 334 g/mol. The lowest BCUT2D eigenvalue weighted by atomic mass is 9.65. The first kappa shape index (κ1) is 19.2. The zero-order valence-electron chi connectivity index (χ0n) is 15.6. The van der Waals surface area contributed by atoms with Crippen molar-refractivity contribution < 1.29 is 0 Å². The first-order chi connectivity index (χ1) is 10.7. The van der Waals surface area contributed by atoms with E-state index in [1.165, 1.54) is 37.1 Å². The van der Waals surface area contributed by atoms with E-state index in [0.717, 1.165) is 19.3 Å². The van der Waals surface area contributed by atoms with Gasteiger partial charge < -0.3 is 10.6 Å². The lowest BCUT2D eigenvalue weighted by Gasteiger charge is -2.50. The molecule has 2 fully saturated rings. The van der Waals surface area contributed by atoms with E-state index in [4.69, 9.17) is 25.8 Å². The minimum atomic E-state index is -0.503. The van der Waals surface area contributed by atoms with Gasteiger partial charge in [0.05, 0.1) is 12.8 Å². The van der Waals surface area contributed by atoms with Crippen molar-refractivity contribution in [2.45, 2.75) is 96.6 Å². The maximum absolute atomic E-state index is 6.45. The minimum absolute atomic E-state index is 0.468. The molecule has 4 heteroatoms. The topological polar surface area (TPSA) is 29.3 Å². The third kappa shape index (κ3) is 4.95. The Bertz CT molecular complexity index is 408. The van der Waals surface area contributed by atoms with E-state index < -0.39 is 5.44 Å². The van der Waals surface area contributed by atoms with Crippen LogP contribution < -0.4 is 5.73 Å². The summed E-state index contributed by atoms with van der Waals surface area (Å²) < 4.78 is 0. The Morgan fingerprint density at radius 3 is 2.57 bits per heavy atom. The smallest absolute Gasteiger partial charge is 0.0950 e. The van der Waals surface area contributed by atoms with Crippen LogP contribution in [0.1, 0.15) is 79.1 Å². The Balaban J connectivity index is 2.28. The predicted octanol–water partition coefficient (Wildman–Crippen LogP) is 4.25. The summed E-state index contributed by atoms with van der Waals surface area (Å²) in [7, 11) is 6.45. The molecule has 2 N–H and O–H groups in total. The second-order valence-electron chi connectivity index (χ2n) is 8.77. The highest BCUT2D eigenvalue weighted by Crippen LogP contribution is 2.41. The molecule has 130 valence electrons. The fourth-order valence-electron chi connectivity index (χ4n) is 4.80. The number of thiocarbonyl (C=S) groups is 1. The molecule has 23 heavy (non-hydrogen) atoms. The van der Waals surface area contributed by atoms with Crippen molar-refractivity contribution in [1.82, 2.24) is 4.90 Å². The van der Waals surface area contributed by atoms with Gasteiger partial charge in [-0.2, -0.15) is 0 Å². The van der Waals surface area contributed by atoms with Crippen LogP contribution in [0.2, 0.25) is 0 Å². The maximum atomic E-state index is 6.45. The Labute approximate surface area is 150 Å². The zero-order valence-corrected chi connectivity index (χ0v) is 16.4. The predicted molar refractivity (Wildman–Crippen MR) is 105 cm³/mol. The van der Waals surface area contributed by atoms with Crippen molar-refractivity contribution in [1.29, 1.82) is 0 Å². The molecule has 4 atom stereocenters. The Morgan fingerprint density at radius 1 is 1.26 bits per heavy atom. The molecule has 0 aromatic heterocycles. The van der Waals surface area contributed by atoms with Crippen molar-refractivity contribution in [2.24, 2.45) is 23.5 Å². The number of hydrogen-bond acceptors (Lipinski definition) is 2. The van der Waals surface area contributed by atoms with Gasteiger partial charge in [0.2, 0.25) is 0 Å². The fourth-order valence-corrected chi connectivity index (χ4v) is 5.34. The summed E-state index contributed by atoms with van der Waals surface area (Å²) in [5.74, 6) is 1.78. The lowest BCUT2D eigenvalue weighted by Crippen LogP contribution is -2.56. The highest BCUT2D eigenvalue weighted by Gasteiger charge is 2.42. The van der Waals surface area contributed by atoms with Crippen LogP contribution in [0, 0.1) is 17.8 Å². The van der Waals surface area contributed by atoms with Gasteiger partial charge in [-0.25, -0.2) is 0 Å². The normalized spacial score (nSPS) is 36.6. The highest BCUT2D eigenvalue weighted by molar-refractivity contribution is 7.80. The lowest BCUT2D eigenvalue weighted by molar-refractivity contribution is 0.112. The van der Waals surface area contributed by atoms with Crippen LogP contribution in [0.4, 0.5) is 0 Å². The largest absolute Gasteiger partial charge is 0.360 e. The molecule has 1 heterocycles. The van der Waals surface area contributed by atoms with E-state index >= 15 is 0 Å². The first-order valence-electron chi connectivity index (χ1n) is 9.61. The molecule has 4 unspecified atom stereocenters. The molecule has 1 aliphatic carbocycles. The molecule has 2 rings (SSSR count). The van der Waals surface area contributed by atoms with E-state index in [1.807, 2.05) is 0 Å². The Morgan fingerprint density at radius 2 is 1.96 bits per heavy atom. The van der Waals surface area contributed by atoms with Gasteiger partial charge in [0.15, 0.2) is 0 Å². The molecule has 0 amide bonds. The van der Waals surface area contributed by atoms with Crippen LogP contribution in [-0.4, -0.2) is 35.3 Å². The number of likely N-dealkylation sites (tertiary alicyclic amines) is 1. The summed E-state index contributed by atoms with van der Waals surface area (Å²) in [4.78, 5) is 3.76. The average Bonchev–Trinajstić information content (AvgIpc) is 2.47. The van der Waals surface area contributed by atoms with Crippen LogP contribution in [0.25, 0.3) is 0 Å². The van der Waals surface area contributed by atoms with Gasteiger partial charge in [-0.05, 0) is 63.2 Å². The summed E-state index contributed by atoms with van der Waals surface area (Å²) in [5, 5.41) is 0. The van der Waals surface area contributed by atoms with Crippen LogP contribution >= 0.6 is 12.2 Å². The van der Waals surface area contributed by atoms with E-state index in [0.29, 0.717) is 29.8 Å². The summed E-state index contributed by atoms with van der Waals surface area (Å²) in [6.45, 7) is 9.17. The summed E-state index contributed by atoms with van der Waals surface area (Å²) in [6, 6.07) is 1.01. The highest BCUT2D eigenvalue weighted by atomic mass is 32.1. The molecule has 1 saturated carbocycles. The summed E-state index contributed by atoms with van der Waals surface area (Å²) in [5.41, 5.74) is 5.95. The molecule has 1 aliphatic heterocycles. The van der Waals surface area contributed by atoms with Gasteiger partial charge in [-0.1, -0.05) is 45.3 Å². The van der Waals surface area contributed by atoms with Crippen LogP contribution in [0.15, 0.2) is 0 Å².